The first-order chi connectivity index (χ1) is 16.8. The minimum Gasteiger partial charge on any atom is -0.393 e. The van der Waals surface area contributed by atoms with E-state index in [9.17, 15) is 5.26 Å². The Balaban J connectivity index is 1.63. The molecule has 0 saturated carbocycles. The van der Waals surface area contributed by atoms with Gasteiger partial charge < -0.3 is 16.4 Å². The Hall–Kier alpha value is -3.50. The summed E-state index contributed by atoms with van der Waals surface area (Å²) in [7, 11) is 0. The zero-order valence-electron chi connectivity index (χ0n) is 18.9. The highest BCUT2D eigenvalue weighted by Crippen LogP contribution is 2.36. The van der Waals surface area contributed by atoms with Gasteiger partial charge in [-0.25, -0.2) is 9.97 Å². The summed E-state index contributed by atoms with van der Waals surface area (Å²) in [6.07, 6.45) is 1.42. The number of aromatic nitrogens is 2. The van der Waals surface area contributed by atoms with Gasteiger partial charge in [0.25, 0.3) is 0 Å². The quantitative estimate of drug-likeness (QED) is 0.239. The Morgan fingerprint density at radius 1 is 0.829 bits per heavy atom. The first-order valence-corrected chi connectivity index (χ1v) is 11.8. The highest BCUT2D eigenvalue weighted by atomic mass is 35.5. The molecule has 4 N–H and O–H groups in total. The summed E-state index contributed by atoms with van der Waals surface area (Å²) in [4.78, 5) is 8.57. The summed E-state index contributed by atoms with van der Waals surface area (Å²) in [5.41, 5.74) is 11.6. The van der Waals surface area contributed by atoms with Crippen molar-refractivity contribution in [2.45, 2.75) is 19.8 Å². The van der Waals surface area contributed by atoms with E-state index in [0.29, 0.717) is 43.6 Å². The number of anilines is 5. The second kappa shape index (κ2) is 10.4. The van der Waals surface area contributed by atoms with Crippen molar-refractivity contribution in [3.63, 3.8) is 0 Å². The van der Waals surface area contributed by atoms with Crippen LogP contribution in [0, 0.1) is 25.2 Å². The van der Waals surface area contributed by atoms with E-state index in [-0.39, 0.29) is 0 Å². The van der Waals surface area contributed by atoms with Gasteiger partial charge in [-0.2, -0.15) is 5.26 Å². The predicted molar refractivity (Wildman–Crippen MR) is 144 cm³/mol. The van der Waals surface area contributed by atoms with Crippen molar-refractivity contribution in [1.29, 1.82) is 5.26 Å². The van der Waals surface area contributed by atoms with Crippen LogP contribution in [0.5, 0.6) is 0 Å². The maximum atomic E-state index is 9.84. The number of nitrogen functional groups attached to an aromatic ring is 1. The van der Waals surface area contributed by atoms with Crippen LogP contribution >= 0.6 is 34.8 Å². The van der Waals surface area contributed by atoms with Gasteiger partial charge in [-0.15, -0.1) is 0 Å². The molecule has 0 saturated heterocycles. The molecule has 0 fully saturated rings. The molecule has 35 heavy (non-hydrogen) atoms. The number of rotatable bonds is 6. The molecule has 1 aromatic heterocycles. The highest BCUT2D eigenvalue weighted by molar-refractivity contribution is 6.32. The standard InChI is InChI=1S/C26H21Cl3N6/c1-14-3-6-18(28)10-22(14)34-25-24(31)26(33-13-32-25)35-23-11-21(29)19(9-15(23)2)20(12-30)16-4-7-17(27)8-5-16/h3-11,13,20H,31H2,1-2H3,(H2,32,33,34,35). The molecular formula is C26H21Cl3N6. The largest absolute Gasteiger partial charge is 0.393 e. The molecule has 0 bridgehead atoms. The minimum atomic E-state index is -0.534. The predicted octanol–water partition coefficient (Wildman–Crippen LogP) is 7.78. The third-order valence-electron chi connectivity index (χ3n) is 5.58. The third kappa shape index (κ3) is 5.44. The number of hydrogen-bond acceptors (Lipinski definition) is 6. The average Bonchev–Trinajstić information content (AvgIpc) is 2.83. The number of nitrogens with two attached hydrogens (primary N) is 1. The fourth-order valence-electron chi connectivity index (χ4n) is 3.62. The molecule has 4 rings (SSSR count). The lowest BCUT2D eigenvalue weighted by molar-refractivity contribution is 1.03. The fourth-order valence-corrected chi connectivity index (χ4v) is 4.19. The summed E-state index contributed by atoms with van der Waals surface area (Å²) in [5, 5.41) is 17.9. The van der Waals surface area contributed by atoms with Crippen LogP contribution in [0.25, 0.3) is 0 Å². The Bertz CT molecular complexity index is 1430. The van der Waals surface area contributed by atoms with Crippen molar-refractivity contribution in [3.8, 4) is 6.07 Å². The number of halogens is 3. The zero-order chi connectivity index (χ0) is 25.1. The van der Waals surface area contributed by atoms with E-state index in [0.717, 1.165) is 22.4 Å². The van der Waals surface area contributed by atoms with Gasteiger partial charge in [0, 0.05) is 26.4 Å². The lowest BCUT2D eigenvalue weighted by Gasteiger charge is -2.18. The van der Waals surface area contributed by atoms with Crippen LogP contribution in [0.1, 0.15) is 28.2 Å². The molecule has 0 aliphatic rings. The Kier molecular flexibility index (Phi) is 7.32. The first kappa shape index (κ1) is 24.6. The molecule has 1 atom stereocenters. The summed E-state index contributed by atoms with van der Waals surface area (Å²) < 4.78 is 0. The second-order valence-electron chi connectivity index (χ2n) is 8.00. The smallest absolute Gasteiger partial charge is 0.159 e. The van der Waals surface area contributed by atoms with Gasteiger partial charge in [0.15, 0.2) is 11.6 Å². The number of hydrogen-bond donors (Lipinski definition) is 3. The van der Waals surface area contributed by atoms with Gasteiger partial charge in [0.2, 0.25) is 0 Å². The van der Waals surface area contributed by atoms with Crippen LogP contribution in [0.2, 0.25) is 15.1 Å². The van der Waals surface area contributed by atoms with Gasteiger partial charge >= 0.3 is 0 Å². The van der Waals surface area contributed by atoms with E-state index in [1.807, 2.05) is 44.2 Å². The van der Waals surface area contributed by atoms with Gasteiger partial charge in [-0.1, -0.05) is 59.1 Å². The van der Waals surface area contributed by atoms with Gasteiger partial charge in [-0.05, 0) is 66.4 Å². The number of nitrogens with one attached hydrogen (secondary N) is 2. The second-order valence-corrected chi connectivity index (χ2v) is 9.28. The molecule has 0 aliphatic heterocycles. The number of aryl methyl sites for hydroxylation is 2. The Morgan fingerprint density at radius 3 is 2.06 bits per heavy atom. The molecule has 3 aromatic carbocycles. The van der Waals surface area contributed by atoms with Crippen molar-refractivity contribution < 1.29 is 0 Å². The van der Waals surface area contributed by atoms with Gasteiger partial charge in [-0.3, -0.25) is 0 Å². The van der Waals surface area contributed by atoms with Crippen LogP contribution in [0.15, 0.2) is 60.9 Å². The number of nitriles is 1. The van der Waals surface area contributed by atoms with Gasteiger partial charge in [0.05, 0.1) is 12.0 Å². The summed E-state index contributed by atoms with van der Waals surface area (Å²) in [6, 6.07) is 18.7. The molecule has 0 radical (unpaired) electrons. The molecule has 1 unspecified atom stereocenters. The molecule has 4 aromatic rings. The van der Waals surface area contributed by atoms with E-state index < -0.39 is 5.92 Å². The highest BCUT2D eigenvalue weighted by Gasteiger charge is 2.19. The maximum absolute atomic E-state index is 9.84. The third-order valence-corrected chi connectivity index (χ3v) is 6.39. The molecular weight excluding hydrogens is 503 g/mol. The van der Waals surface area contributed by atoms with Crippen molar-refractivity contribution in [1.82, 2.24) is 9.97 Å². The van der Waals surface area contributed by atoms with E-state index in [4.69, 9.17) is 40.5 Å². The van der Waals surface area contributed by atoms with Crippen molar-refractivity contribution in [3.05, 3.63) is 98.2 Å². The molecule has 0 aliphatic carbocycles. The SMILES string of the molecule is Cc1ccc(Cl)cc1Nc1ncnc(Nc2cc(Cl)c(C(C#N)c3ccc(Cl)cc3)cc2C)c1N. The maximum Gasteiger partial charge on any atom is 0.159 e. The summed E-state index contributed by atoms with van der Waals surface area (Å²) in [6.45, 7) is 3.88. The molecule has 9 heteroatoms. The van der Waals surface area contributed by atoms with Crippen molar-refractivity contribution >= 4 is 63.5 Å². The summed E-state index contributed by atoms with van der Waals surface area (Å²) in [5.74, 6) is 0.331. The molecule has 0 spiro atoms. The molecule has 1 heterocycles. The van der Waals surface area contributed by atoms with E-state index in [1.165, 1.54) is 6.33 Å². The summed E-state index contributed by atoms with van der Waals surface area (Å²) >= 11 is 18.8. The van der Waals surface area contributed by atoms with E-state index >= 15 is 0 Å². The lowest BCUT2D eigenvalue weighted by Crippen LogP contribution is -2.07. The van der Waals surface area contributed by atoms with Crippen LogP contribution in [-0.4, -0.2) is 9.97 Å². The first-order valence-electron chi connectivity index (χ1n) is 10.6. The average molecular weight is 524 g/mol. The normalized spacial score (nSPS) is 11.5. The van der Waals surface area contributed by atoms with Crippen molar-refractivity contribution in [2.24, 2.45) is 0 Å². The zero-order valence-corrected chi connectivity index (χ0v) is 21.2. The monoisotopic (exact) mass is 522 g/mol. The van der Waals surface area contributed by atoms with Crippen LogP contribution < -0.4 is 16.4 Å². The molecule has 176 valence electrons. The topological polar surface area (TPSA) is 99.6 Å². The Labute approximate surface area is 218 Å². The molecule has 0 amide bonds. The molecule has 6 nitrogen and oxygen atoms in total. The van der Waals surface area contributed by atoms with Crippen LogP contribution in [0.4, 0.5) is 28.7 Å². The number of benzene rings is 3. The van der Waals surface area contributed by atoms with Crippen molar-refractivity contribution in [2.75, 3.05) is 16.4 Å². The fraction of sp³-hybridized carbons (Fsp3) is 0.115. The van der Waals surface area contributed by atoms with Crippen LogP contribution in [-0.2, 0) is 0 Å². The minimum absolute atomic E-state index is 0.336. The van der Waals surface area contributed by atoms with Gasteiger partial charge in [0.1, 0.15) is 12.0 Å². The number of nitrogens with zero attached hydrogens (tertiary/aromatic N) is 3. The van der Waals surface area contributed by atoms with E-state index in [2.05, 4.69) is 26.7 Å². The lowest BCUT2D eigenvalue weighted by atomic mass is 9.91. The Morgan fingerprint density at radius 2 is 1.43 bits per heavy atom. The van der Waals surface area contributed by atoms with Crippen LogP contribution in [0.3, 0.4) is 0 Å². The van der Waals surface area contributed by atoms with E-state index in [1.54, 1.807) is 24.3 Å².